The van der Waals surface area contributed by atoms with Gasteiger partial charge in [0.05, 0.1) is 32.7 Å². The number of rotatable bonds is 16. The van der Waals surface area contributed by atoms with Gasteiger partial charge in [-0.3, -0.25) is 38.7 Å². The van der Waals surface area contributed by atoms with Crippen molar-refractivity contribution < 1.29 is 44.4 Å². The van der Waals surface area contributed by atoms with Crippen molar-refractivity contribution in [2.24, 2.45) is 0 Å². The highest BCUT2D eigenvalue weighted by Gasteiger charge is 2.18. The third kappa shape index (κ3) is 15.9. The molecule has 0 fully saturated rings. The number of aliphatic carboxylic acids is 4. The fourth-order valence-electron chi connectivity index (χ4n) is 3.32. The van der Waals surface area contributed by atoms with Crippen molar-refractivity contribution in [1.82, 2.24) is 14.7 Å². The van der Waals surface area contributed by atoms with Crippen molar-refractivity contribution >= 4 is 35.5 Å². The third-order valence-electron chi connectivity index (χ3n) is 5.18. The molecule has 1 rings (SSSR count). The van der Waals surface area contributed by atoms with Crippen LogP contribution in [0.5, 0.6) is 0 Å². The second-order valence-electron chi connectivity index (χ2n) is 8.27. The zero-order chi connectivity index (χ0) is 28.5. The molecule has 0 aliphatic rings. The summed E-state index contributed by atoms with van der Waals surface area (Å²) < 4.78 is 0. The summed E-state index contributed by atoms with van der Waals surface area (Å²) in [6.07, 6.45) is 0. The van der Waals surface area contributed by atoms with Crippen LogP contribution >= 0.6 is 0 Å². The molecule has 1 amide bonds. The number of para-hydroxylation sites is 1. The largest absolute Gasteiger partial charge is 0.480 e. The number of nitrogens with zero attached hydrogens (tertiary/aromatic N) is 3. The van der Waals surface area contributed by atoms with E-state index in [1.807, 2.05) is 32.0 Å². The van der Waals surface area contributed by atoms with Crippen LogP contribution in [0.15, 0.2) is 18.2 Å². The summed E-state index contributed by atoms with van der Waals surface area (Å²) in [6, 6.07) is 6.03. The molecule has 208 valence electrons. The molecular weight excluding hydrogens is 488 g/mol. The maximum absolute atomic E-state index is 11.9. The first kappa shape index (κ1) is 33.4. The minimum Gasteiger partial charge on any atom is -0.480 e. The van der Waals surface area contributed by atoms with Crippen molar-refractivity contribution in [2.75, 3.05) is 64.2 Å². The maximum Gasteiger partial charge on any atom is 0.317 e. The van der Waals surface area contributed by atoms with Gasteiger partial charge in [-0.1, -0.05) is 32.0 Å². The number of benzene rings is 1. The molecule has 0 saturated carbocycles. The summed E-state index contributed by atoms with van der Waals surface area (Å²) >= 11 is 0. The average Bonchev–Trinajstić information content (AvgIpc) is 2.77. The topological polar surface area (TPSA) is 188 Å². The molecule has 0 unspecified atom stereocenters. The van der Waals surface area contributed by atoms with E-state index in [0.29, 0.717) is 6.54 Å². The Morgan fingerprint density at radius 3 is 1.30 bits per heavy atom. The van der Waals surface area contributed by atoms with Gasteiger partial charge in [0.1, 0.15) is 0 Å². The Morgan fingerprint density at radius 2 is 1.00 bits per heavy atom. The lowest BCUT2D eigenvalue weighted by molar-refractivity contribution is -0.145. The van der Waals surface area contributed by atoms with Crippen molar-refractivity contribution in [2.45, 2.75) is 27.7 Å². The number of hydrogen-bond donors (Lipinski definition) is 5. The third-order valence-corrected chi connectivity index (χ3v) is 5.18. The smallest absolute Gasteiger partial charge is 0.317 e. The number of anilines is 1. The van der Waals surface area contributed by atoms with Crippen LogP contribution < -0.4 is 5.32 Å². The summed E-state index contributed by atoms with van der Waals surface area (Å²) in [5.41, 5.74) is 3.17. The van der Waals surface area contributed by atoms with Crippen LogP contribution in [0.4, 0.5) is 5.69 Å². The van der Waals surface area contributed by atoms with E-state index in [4.69, 9.17) is 20.4 Å². The van der Waals surface area contributed by atoms with Crippen molar-refractivity contribution in [3.8, 4) is 0 Å². The monoisotopic (exact) mass is 526 g/mol. The van der Waals surface area contributed by atoms with E-state index in [1.54, 1.807) is 0 Å². The van der Waals surface area contributed by atoms with E-state index in [1.165, 1.54) is 0 Å². The molecule has 0 bridgehead atoms. The first-order chi connectivity index (χ1) is 17.3. The molecule has 13 nitrogen and oxygen atoms in total. The molecule has 0 heterocycles. The van der Waals surface area contributed by atoms with Gasteiger partial charge >= 0.3 is 23.9 Å². The molecule has 13 heteroatoms. The van der Waals surface area contributed by atoms with Crippen LogP contribution in [0.2, 0.25) is 0 Å². The number of aryl methyl sites for hydroxylation is 2. The average molecular weight is 527 g/mol. The Balaban J connectivity index is 0.000000708. The van der Waals surface area contributed by atoms with E-state index in [0.717, 1.165) is 39.7 Å². The molecule has 1 aromatic carbocycles. The van der Waals surface area contributed by atoms with Crippen molar-refractivity contribution in [1.29, 1.82) is 0 Å². The summed E-state index contributed by atoms with van der Waals surface area (Å²) in [6.45, 7) is 8.17. The SMILES string of the molecule is CCN(CC)CC(=O)Nc1c(C)cccc1C.O=C(O)CN(CCN(CC(=O)O)CC(=O)O)CC(=O)O. The Morgan fingerprint density at radius 1 is 0.649 bits per heavy atom. The lowest BCUT2D eigenvalue weighted by Crippen LogP contribution is -2.43. The van der Waals surface area contributed by atoms with Gasteiger partial charge in [-0.15, -0.1) is 0 Å². The second-order valence-corrected chi connectivity index (χ2v) is 8.27. The number of carboxylic acid groups (broad SMARTS) is 4. The van der Waals surface area contributed by atoms with Gasteiger partial charge in [0.2, 0.25) is 5.91 Å². The molecule has 0 radical (unpaired) electrons. The lowest BCUT2D eigenvalue weighted by atomic mass is 10.1. The van der Waals surface area contributed by atoms with Crippen molar-refractivity contribution in [3.63, 3.8) is 0 Å². The number of carbonyl (C=O) groups is 5. The number of nitrogens with one attached hydrogen (secondary N) is 1. The molecule has 0 spiro atoms. The van der Waals surface area contributed by atoms with Crippen LogP contribution in [-0.4, -0.2) is 124 Å². The highest BCUT2D eigenvalue weighted by molar-refractivity contribution is 5.93. The van der Waals surface area contributed by atoms with Gasteiger partial charge in [0.25, 0.3) is 0 Å². The summed E-state index contributed by atoms with van der Waals surface area (Å²) in [5, 5.41) is 37.5. The quantitative estimate of drug-likeness (QED) is 0.201. The van der Waals surface area contributed by atoms with Gasteiger partial charge < -0.3 is 25.7 Å². The van der Waals surface area contributed by atoms with E-state index in [9.17, 15) is 24.0 Å². The summed E-state index contributed by atoms with van der Waals surface area (Å²) in [4.78, 5) is 58.4. The van der Waals surface area contributed by atoms with Crippen molar-refractivity contribution in [3.05, 3.63) is 29.3 Å². The maximum atomic E-state index is 11.9. The number of carbonyl (C=O) groups excluding carboxylic acids is 1. The number of hydrogen-bond acceptors (Lipinski definition) is 8. The zero-order valence-electron chi connectivity index (χ0n) is 21.8. The molecule has 5 N–H and O–H groups in total. The van der Waals surface area contributed by atoms with Gasteiger partial charge in [-0.2, -0.15) is 0 Å². The van der Waals surface area contributed by atoms with E-state index in [2.05, 4.69) is 24.1 Å². The molecule has 1 aromatic rings. The lowest BCUT2D eigenvalue weighted by Gasteiger charge is -2.23. The van der Waals surface area contributed by atoms with E-state index in [-0.39, 0.29) is 19.0 Å². The highest BCUT2D eigenvalue weighted by Crippen LogP contribution is 2.19. The molecule has 0 aliphatic heterocycles. The molecule has 37 heavy (non-hydrogen) atoms. The predicted molar refractivity (Wildman–Crippen MR) is 136 cm³/mol. The van der Waals surface area contributed by atoms with Gasteiger partial charge in [0, 0.05) is 18.8 Å². The van der Waals surface area contributed by atoms with Crippen LogP contribution in [-0.2, 0) is 24.0 Å². The normalized spacial score (nSPS) is 10.7. The van der Waals surface area contributed by atoms with Gasteiger partial charge in [0.15, 0.2) is 0 Å². The number of likely N-dealkylation sites (N-methyl/N-ethyl adjacent to an activating group) is 1. The first-order valence-corrected chi connectivity index (χ1v) is 11.7. The molecule has 0 saturated heterocycles. The van der Waals surface area contributed by atoms with Gasteiger partial charge in [-0.05, 0) is 38.1 Å². The van der Waals surface area contributed by atoms with E-state index >= 15 is 0 Å². The molecule has 0 aliphatic carbocycles. The van der Waals surface area contributed by atoms with E-state index < -0.39 is 50.1 Å². The summed E-state index contributed by atoms with van der Waals surface area (Å²) in [5.74, 6) is -4.85. The Labute approximate surface area is 216 Å². The Kier molecular flexibility index (Phi) is 16.1. The summed E-state index contributed by atoms with van der Waals surface area (Å²) in [7, 11) is 0. The first-order valence-electron chi connectivity index (χ1n) is 11.7. The minimum absolute atomic E-state index is 0.0612. The van der Waals surface area contributed by atoms with Crippen LogP contribution in [0.25, 0.3) is 0 Å². The second kappa shape index (κ2) is 17.8. The number of amides is 1. The van der Waals surface area contributed by atoms with Crippen LogP contribution in [0, 0.1) is 13.8 Å². The molecule has 0 aromatic heterocycles. The fourth-order valence-corrected chi connectivity index (χ4v) is 3.32. The Bertz CT molecular complexity index is 831. The van der Waals surface area contributed by atoms with Gasteiger partial charge in [-0.25, -0.2) is 0 Å². The minimum atomic E-state index is -1.23. The Hall–Kier alpha value is -3.55. The zero-order valence-corrected chi connectivity index (χ0v) is 21.8. The number of carboxylic acids is 4. The standard InChI is InChI=1S/C14H22N2O.C10H16N2O8/c1-5-16(6-2)10-13(17)15-14-11(3)8-7-9-12(14)4;13-7(14)3-11(4-8(15)16)1-2-12(5-9(17)18)6-10(19)20/h7-9H,5-6,10H2,1-4H3,(H,15,17);1-6H2,(H,13,14)(H,15,16)(H,17,18)(H,19,20). The molecule has 0 atom stereocenters. The van der Waals surface area contributed by atoms with Crippen LogP contribution in [0.1, 0.15) is 25.0 Å². The predicted octanol–water partition coefficient (Wildman–Crippen LogP) is 0.513. The van der Waals surface area contributed by atoms with Crippen LogP contribution in [0.3, 0.4) is 0 Å². The molecular formula is C24H38N4O9. The highest BCUT2D eigenvalue weighted by atomic mass is 16.4. The fraction of sp³-hybridized carbons (Fsp3) is 0.542.